The normalized spacial score (nSPS) is 15.9. The van der Waals surface area contributed by atoms with Gasteiger partial charge in [0.05, 0.1) is 11.9 Å². The van der Waals surface area contributed by atoms with Crippen LogP contribution in [0.4, 0.5) is 4.39 Å². The summed E-state index contributed by atoms with van der Waals surface area (Å²) in [6.07, 6.45) is 0.892. The van der Waals surface area contributed by atoms with Crippen molar-refractivity contribution in [3.05, 3.63) is 40.3 Å². The highest BCUT2D eigenvalue weighted by Crippen LogP contribution is 2.33. The highest BCUT2D eigenvalue weighted by atomic mass is 32.2. The predicted molar refractivity (Wildman–Crippen MR) is 85.1 cm³/mol. The molecule has 2 heterocycles. The Morgan fingerprint density at radius 3 is 2.68 bits per heavy atom. The third kappa shape index (κ3) is 2.55. The van der Waals surface area contributed by atoms with Gasteiger partial charge in [-0.05, 0) is 25.5 Å². The van der Waals surface area contributed by atoms with Gasteiger partial charge >= 0.3 is 0 Å². The van der Waals surface area contributed by atoms with Crippen LogP contribution in [0.3, 0.4) is 0 Å². The number of halogens is 1. The number of benzene rings is 1. The SMILES string of the molecule is CCn1ncc(C(=O)c2cc(F)c3c(c2C)C(=O)CCS3(=O)=O)c1O. The highest BCUT2D eigenvalue weighted by molar-refractivity contribution is 7.91. The van der Waals surface area contributed by atoms with Gasteiger partial charge in [0.25, 0.3) is 0 Å². The number of hydrogen-bond acceptors (Lipinski definition) is 6. The van der Waals surface area contributed by atoms with E-state index in [2.05, 4.69) is 5.10 Å². The van der Waals surface area contributed by atoms with Crippen LogP contribution in [0.5, 0.6) is 5.88 Å². The standard InChI is InChI=1S/C16H15FN2O5S/c1-3-19-16(22)10(7-18-19)14(21)9-6-11(17)15-13(8(9)2)12(20)4-5-25(15,23)24/h6-7,22H,3-5H2,1-2H3. The Kier molecular flexibility index (Phi) is 3.98. The van der Waals surface area contributed by atoms with E-state index >= 15 is 0 Å². The molecular weight excluding hydrogens is 351 g/mol. The Morgan fingerprint density at radius 1 is 1.40 bits per heavy atom. The molecule has 1 aliphatic heterocycles. The first-order valence-electron chi connectivity index (χ1n) is 7.57. The van der Waals surface area contributed by atoms with E-state index < -0.39 is 37.9 Å². The summed E-state index contributed by atoms with van der Waals surface area (Å²) in [6.45, 7) is 3.44. The first kappa shape index (κ1) is 17.3. The largest absolute Gasteiger partial charge is 0.493 e. The van der Waals surface area contributed by atoms with Crippen LogP contribution in [0.25, 0.3) is 0 Å². The summed E-state index contributed by atoms with van der Waals surface area (Å²) in [4.78, 5) is 24.2. The maximum Gasteiger partial charge on any atom is 0.220 e. The van der Waals surface area contributed by atoms with E-state index in [9.17, 15) is 27.5 Å². The van der Waals surface area contributed by atoms with Gasteiger partial charge in [0.15, 0.2) is 21.4 Å². The van der Waals surface area contributed by atoms with Crippen LogP contribution in [0.15, 0.2) is 17.2 Å². The predicted octanol–water partition coefficient (Wildman–Crippen LogP) is 1.65. The molecule has 0 atom stereocenters. The van der Waals surface area contributed by atoms with Crippen LogP contribution in [0, 0.1) is 12.7 Å². The number of rotatable bonds is 3. The first-order chi connectivity index (χ1) is 11.7. The maximum atomic E-state index is 14.5. The first-order valence-corrected chi connectivity index (χ1v) is 9.22. The molecule has 3 rings (SSSR count). The molecule has 0 aliphatic carbocycles. The van der Waals surface area contributed by atoms with E-state index in [0.717, 1.165) is 12.3 Å². The number of sulfone groups is 1. The average Bonchev–Trinajstić information content (AvgIpc) is 2.93. The van der Waals surface area contributed by atoms with Gasteiger partial charge in [-0.25, -0.2) is 17.5 Å². The second-order valence-corrected chi connectivity index (χ2v) is 7.80. The van der Waals surface area contributed by atoms with E-state index in [-0.39, 0.29) is 34.6 Å². The third-order valence-corrected chi connectivity index (χ3v) is 6.04. The third-order valence-electron chi connectivity index (χ3n) is 4.28. The monoisotopic (exact) mass is 366 g/mol. The second-order valence-electron chi connectivity index (χ2n) is 5.75. The second kappa shape index (κ2) is 5.76. The van der Waals surface area contributed by atoms with Crippen molar-refractivity contribution in [3.8, 4) is 5.88 Å². The lowest BCUT2D eigenvalue weighted by Gasteiger charge is -2.20. The summed E-state index contributed by atoms with van der Waals surface area (Å²) in [5.41, 5.74) is -0.515. The molecule has 1 aromatic heterocycles. The summed E-state index contributed by atoms with van der Waals surface area (Å²) < 4.78 is 39.9. The number of Topliss-reactive ketones (excluding diaryl/α,β-unsaturated/α-hetero) is 1. The van der Waals surface area contributed by atoms with Gasteiger partial charge in [0.1, 0.15) is 16.3 Å². The van der Waals surface area contributed by atoms with Crippen LogP contribution in [0.1, 0.15) is 45.2 Å². The van der Waals surface area contributed by atoms with Crippen LogP contribution in [-0.4, -0.2) is 40.6 Å². The van der Waals surface area contributed by atoms with E-state index in [1.807, 2.05) is 0 Å². The quantitative estimate of drug-likeness (QED) is 0.828. The number of fused-ring (bicyclic) bond motifs is 1. The van der Waals surface area contributed by atoms with Crippen molar-refractivity contribution in [2.75, 3.05) is 5.75 Å². The summed E-state index contributed by atoms with van der Waals surface area (Å²) >= 11 is 0. The Morgan fingerprint density at radius 2 is 2.08 bits per heavy atom. The summed E-state index contributed by atoms with van der Waals surface area (Å²) in [6, 6.07) is 0.801. The number of hydrogen-bond donors (Lipinski definition) is 1. The molecule has 1 aliphatic rings. The fourth-order valence-electron chi connectivity index (χ4n) is 2.97. The van der Waals surface area contributed by atoms with E-state index in [4.69, 9.17) is 0 Å². The summed E-state index contributed by atoms with van der Waals surface area (Å²) in [7, 11) is -3.92. The van der Waals surface area contributed by atoms with Crippen LogP contribution >= 0.6 is 0 Å². The Bertz CT molecular complexity index is 1020. The zero-order valence-electron chi connectivity index (χ0n) is 13.5. The number of aromatic hydroxyl groups is 1. The fraction of sp³-hybridized carbons (Fsp3) is 0.312. The van der Waals surface area contributed by atoms with Gasteiger partial charge in [-0.2, -0.15) is 5.10 Å². The molecule has 2 aromatic rings. The van der Waals surface area contributed by atoms with E-state index in [1.54, 1.807) is 6.92 Å². The zero-order valence-corrected chi connectivity index (χ0v) is 14.4. The molecule has 0 radical (unpaired) electrons. The lowest BCUT2D eigenvalue weighted by Crippen LogP contribution is -2.25. The number of carbonyl (C=O) groups is 2. The molecule has 0 amide bonds. The van der Waals surface area contributed by atoms with Crippen molar-refractivity contribution in [1.82, 2.24) is 9.78 Å². The van der Waals surface area contributed by atoms with Gasteiger partial charge < -0.3 is 5.11 Å². The number of ketones is 2. The molecule has 0 unspecified atom stereocenters. The number of nitrogens with zero attached hydrogens (tertiary/aromatic N) is 2. The molecule has 1 N–H and O–H groups in total. The highest BCUT2D eigenvalue weighted by Gasteiger charge is 2.36. The van der Waals surface area contributed by atoms with Crippen molar-refractivity contribution in [2.45, 2.75) is 31.7 Å². The smallest absolute Gasteiger partial charge is 0.220 e. The Balaban J connectivity index is 2.24. The summed E-state index contributed by atoms with van der Waals surface area (Å²) in [5.74, 6) is -3.22. The molecule has 0 bridgehead atoms. The maximum absolute atomic E-state index is 14.5. The van der Waals surface area contributed by atoms with Crippen LogP contribution in [-0.2, 0) is 16.4 Å². The molecule has 0 saturated carbocycles. The van der Waals surface area contributed by atoms with E-state index in [1.165, 1.54) is 11.6 Å². The van der Waals surface area contributed by atoms with Crippen molar-refractivity contribution in [1.29, 1.82) is 0 Å². The minimum absolute atomic E-state index is 0.0818. The minimum atomic E-state index is -3.92. The van der Waals surface area contributed by atoms with Crippen LogP contribution < -0.4 is 0 Å². The van der Waals surface area contributed by atoms with Gasteiger partial charge in [0.2, 0.25) is 5.88 Å². The molecule has 0 saturated heterocycles. The van der Waals surface area contributed by atoms with Gasteiger partial charge in [-0.15, -0.1) is 0 Å². The lowest BCUT2D eigenvalue weighted by molar-refractivity contribution is 0.0981. The van der Waals surface area contributed by atoms with Gasteiger partial charge in [0, 0.05) is 24.1 Å². The molecule has 0 fully saturated rings. The summed E-state index contributed by atoms with van der Waals surface area (Å²) in [5, 5.41) is 13.9. The van der Waals surface area contributed by atoms with Crippen molar-refractivity contribution in [2.24, 2.45) is 0 Å². The number of carbonyl (C=O) groups excluding carboxylic acids is 2. The minimum Gasteiger partial charge on any atom is -0.493 e. The van der Waals surface area contributed by atoms with Gasteiger partial charge in [-0.3, -0.25) is 9.59 Å². The molecular formula is C16H15FN2O5S. The average molecular weight is 366 g/mol. The number of aryl methyl sites for hydroxylation is 1. The molecule has 0 spiro atoms. The van der Waals surface area contributed by atoms with Crippen molar-refractivity contribution >= 4 is 21.4 Å². The molecule has 1 aromatic carbocycles. The fourth-order valence-corrected chi connectivity index (χ4v) is 4.56. The Hall–Kier alpha value is -2.55. The number of aromatic nitrogens is 2. The lowest BCUT2D eigenvalue weighted by atomic mass is 9.93. The van der Waals surface area contributed by atoms with E-state index in [0.29, 0.717) is 6.54 Å². The molecule has 25 heavy (non-hydrogen) atoms. The molecule has 7 nitrogen and oxygen atoms in total. The topological polar surface area (TPSA) is 106 Å². The van der Waals surface area contributed by atoms with Crippen LogP contribution in [0.2, 0.25) is 0 Å². The molecule has 132 valence electrons. The van der Waals surface area contributed by atoms with Gasteiger partial charge in [-0.1, -0.05) is 0 Å². The Labute approximate surface area is 143 Å². The zero-order chi connectivity index (χ0) is 18.5. The van der Waals surface area contributed by atoms with Crippen molar-refractivity contribution in [3.63, 3.8) is 0 Å². The van der Waals surface area contributed by atoms with Crippen molar-refractivity contribution < 1.29 is 27.5 Å². The molecule has 9 heteroatoms.